The second kappa shape index (κ2) is 4.24. The maximum absolute atomic E-state index is 5.75. The van der Waals surface area contributed by atoms with E-state index in [1.807, 2.05) is 0 Å². The molecule has 0 radical (unpaired) electrons. The Morgan fingerprint density at radius 1 is 1.33 bits per heavy atom. The predicted octanol–water partition coefficient (Wildman–Crippen LogP) is 1.66. The molecule has 1 aliphatic rings. The van der Waals surface area contributed by atoms with Crippen molar-refractivity contribution in [1.82, 2.24) is 5.32 Å². The number of nitrogens with one attached hydrogen (secondary N) is 1. The summed E-state index contributed by atoms with van der Waals surface area (Å²) in [5.74, 6) is 1.37. The lowest BCUT2D eigenvalue weighted by molar-refractivity contribution is -0.0324. The first-order valence-electron chi connectivity index (χ1n) is 4.96. The van der Waals surface area contributed by atoms with Crippen LogP contribution in [0.1, 0.15) is 27.7 Å². The van der Waals surface area contributed by atoms with Gasteiger partial charge in [-0.1, -0.05) is 20.8 Å². The largest absolute Gasteiger partial charge is 0.375 e. The highest BCUT2D eigenvalue weighted by Gasteiger charge is 2.24. The van der Waals surface area contributed by atoms with Crippen molar-refractivity contribution in [2.24, 2.45) is 11.8 Å². The maximum atomic E-state index is 5.75. The lowest BCUT2D eigenvalue weighted by Gasteiger charge is -2.33. The van der Waals surface area contributed by atoms with Gasteiger partial charge in [0.1, 0.15) is 0 Å². The number of hydrogen-bond donors (Lipinski definition) is 1. The monoisotopic (exact) mass is 171 g/mol. The van der Waals surface area contributed by atoms with E-state index in [9.17, 15) is 0 Å². The molecule has 0 aromatic rings. The molecule has 1 fully saturated rings. The van der Waals surface area contributed by atoms with Crippen LogP contribution in [0.15, 0.2) is 0 Å². The zero-order valence-electron chi connectivity index (χ0n) is 8.63. The smallest absolute Gasteiger partial charge is 0.0728 e. The van der Waals surface area contributed by atoms with E-state index in [4.69, 9.17) is 4.74 Å². The lowest BCUT2D eigenvalue weighted by atomic mass is 9.91. The fourth-order valence-corrected chi connectivity index (χ4v) is 1.47. The van der Waals surface area contributed by atoms with Crippen LogP contribution in [-0.2, 0) is 4.74 Å². The fourth-order valence-electron chi connectivity index (χ4n) is 1.47. The molecule has 2 nitrogen and oxygen atoms in total. The number of rotatable bonds is 2. The Bertz CT molecular complexity index is 128. The molecule has 0 amide bonds. The summed E-state index contributed by atoms with van der Waals surface area (Å²) < 4.78 is 5.75. The molecular weight excluding hydrogens is 150 g/mol. The van der Waals surface area contributed by atoms with E-state index in [2.05, 4.69) is 33.0 Å². The molecule has 0 bridgehead atoms. The summed E-state index contributed by atoms with van der Waals surface area (Å²) in [7, 11) is 0. The van der Waals surface area contributed by atoms with Gasteiger partial charge < -0.3 is 10.1 Å². The predicted molar refractivity (Wildman–Crippen MR) is 51.2 cm³/mol. The minimum atomic E-state index is 0.418. The summed E-state index contributed by atoms with van der Waals surface area (Å²) >= 11 is 0. The molecule has 2 heteroatoms. The second-order valence-corrected chi connectivity index (χ2v) is 4.28. The van der Waals surface area contributed by atoms with E-state index in [0.29, 0.717) is 24.0 Å². The molecule has 0 aliphatic carbocycles. The number of hydrogen-bond acceptors (Lipinski definition) is 2. The molecule has 72 valence electrons. The summed E-state index contributed by atoms with van der Waals surface area (Å²) in [4.78, 5) is 0. The third kappa shape index (κ3) is 2.46. The van der Waals surface area contributed by atoms with E-state index < -0.39 is 0 Å². The van der Waals surface area contributed by atoms with Crippen LogP contribution in [0.25, 0.3) is 0 Å². The van der Waals surface area contributed by atoms with Crippen LogP contribution in [0.5, 0.6) is 0 Å². The molecule has 1 aliphatic heterocycles. The Hall–Kier alpha value is -0.0800. The van der Waals surface area contributed by atoms with Gasteiger partial charge in [-0.2, -0.15) is 0 Å². The first-order chi connectivity index (χ1) is 5.61. The van der Waals surface area contributed by atoms with Crippen molar-refractivity contribution in [2.75, 3.05) is 13.2 Å². The molecule has 0 spiro atoms. The highest BCUT2D eigenvalue weighted by Crippen LogP contribution is 2.18. The van der Waals surface area contributed by atoms with Gasteiger partial charge in [0.2, 0.25) is 0 Å². The van der Waals surface area contributed by atoms with Gasteiger partial charge in [-0.25, -0.2) is 0 Å². The first kappa shape index (κ1) is 10.0. The third-order valence-corrected chi connectivity index (χ3v) is 2.87. The molecule has 3 unspecified atom stereocenters. The van der Waals surface area contributed by atoms with Gasteiger partial charge in [-0.3, -0.25) is 0 Å². The van der Waals surface area contributed by atoms with Crippen LogP contribution in [0.2, 0.25) is 0 Å². The summed E-state index contributed by atoms with van der Waals surface area (Å²) in [6.45, 7) is 10.8. The average molecular weight is 171 g/mol. The quantitative estimate of drug-likeness (QED) is 0.682. The first-order valence-corrected chi connectivity index (χ1v) is 4.96. The van der Waals surface area contributed by atoms with Crippen LogP contribution in [0.4, 0.5) is 0 Å². The summed E-state index contributed by atoms with van der Waals surface area (Å²) in [6, 6.07) is 0.528. The molecular formula is C10H21NO. The van der Waals surface area contributed by atoms with E-state index in [1.54, 1.807) is 0 Å². The maximum Gasteiger partial charge on any atom is 0.0728 e. The molecule has 1 saturated heterocycles. The minimum absolute atomic E-state index is 0.418. The van der Waals surface area contributed by atoms with Gasteiger partial charge in [0.15, 0.2) is 0 Å². The fraction of sp³-hybridized carbons (Fsp3) is 1.00. The van der Waals surface area contributed by atoms with Crippen molar-refractivity contribution in [3.8, 4) is 0 Å². The van der Waals surface area contributed by atoms with Gasteiger partial charge in [-0.15, -0.1) is 0 Å². The molecule has 0 saturated carbocycles. The summed E-state index contributed by atoms with van der Waals surface area (Å²) in [6.07, 6.45) is 0.418. The Morgan fingerprint density at radius 3 is 2.42 bits per heavy atom. The Morgan fingerprint density at radius 2 is 2.00 bits per heavy atom. The second-order valence-electron chi connectivity index (χ2n) is 4.28. The molecule has 3 atom stereocenters. The molecule has 1 N–H and O–H groups in total. The van der Waals surface area contributed by atoms with Gasteiger partial charge >= 0.3 is 0 Å². The average Bonchev–Trinajstić information content (AvgIpc) is 2.04. The third-order valence-electron chi connectivity index (χ3n) is 2.87. The van der Waals surface area contributed by atoms with Crippen LogP contribution in [0, 0.1) is 11.8 Å². The van der Waals surface area contributed by atoms with Crippen molar-refractivity contribution < 1.29 is 4.74 Å². The normalized spacial score (nSPS) is 33.8. The highest BCUT2D eigenvalue weighted by atomic mass is 16.5. The van der Waals surface area contributed by atoms with Crippen LogP contribution >= 0.6 is 0 Å². The van der Waals surface area contributed by atoms with E-state index >= 15 is 0 Å². The Kier molecular flexibility index (Phi) is 3.53. The minimum Gasteiger partial charge on any atom is -0.375 e. The molecule has 1 rings (SSSR count). The van der Waals surface area contributed by atoms with Gasteiger partial charge in [0, 0.05) is 12.6 Å². The molecule has 0 aromatic heterocycles. The lowest BCUT2D eigenvalue weighted by Crippen LogP contribution is -2.48. The van der Waals surface area contributed by atoms with Gasteiger partial charge in [0.05, 0.1) is 12.7 Å². The zero-order valence-corrected chi connectivity index (χ0v) is 8.63. The van der Waals surface area contributed by atoms with Crippen LogP contribution in [-0.4, -0.2) is 25.3 Å². The van der Waals surface area contributed by atoms with Crippen LogP contribution in [0.3, 0.4) is 0 Å². The van der Waals surface area contributed by atoms with Crippen molar-refractivity contribution in [2.45, 2.75) is 39.8 Å². The van der Waals surface area contributed by atoms with E-state index in [-0.39, 0.29) is 0 Å². The summed E-state index contributed by atoms with van der Waals surface area (Å²) in [5, 5.41) is 3.44. The highest BCUT2D eigenvalue weighted by molar-refractivity contribution is 4.78. The van der Waals surface area contributed by atoms with Crippen molar-refractivity contribution in [3.05, 3.63) is 0 Å². The van der Waals surface area contributed by atoms with Gasteiger partial charge in [0.25, 0.3) is 0 Å². The molecule has 0 aromatic carbocycles. The number of ether oxygens (including phenoxy) is 1. The summed E-state index contributed by atoms with van der Waals surface area (Å²) in [5.41, 5.74) is 0. The van der Waals surface area contributed by atoms with Crippen molar-refractivity contribution in [3.63, 3.8) is 0 Å². The van der Waals surface area contributed by atoms with Gasteiger partial charge in [-0.05, 0) is 18.8 Å². The van der Waals surface area contributed by atoms with E-state index in [0.717, 1.165) is 13.2 Å². The topological polar surface area (TPSA) is 21.3 Å². The Labute approximate surface area is 75.7 Å². The van der Waals surface area contributed by atoms with E-state index in [1.165, 1.54) is 0 Å². The zero-order chi connectivity index (χ0) is 9.14. The van der Waals surface area contributed by atoms with Crippen molar-refractivity contribution >= 4 is 0 Å². The van der Waals surface area contributed by atoms with Crippen molar-refractivity contribution in [1.29, 1.82) is 0 Å². The SMILES string of the molecule is CC1COC(C(C)C(C)C)CN1. The molecule has 12 heavy (non-hydrogen) atoms. The standard InChI is InChI=1S/C10H21NO/c1-7(2)9(4)10-5-11-8(3)6-12-10/h7-11H,5-6H2,1-4H3. The number of morpholine rings is 1. The Balaban J connectivity index is 2.34. The molecule has 1 heterocycles. The van der Waals surface area contributed by atoms with Crippen LogP contribution < -0.4 is 5.32 Å².